The minimum absolute atomic E-state index is 0.208. The Morgan fingerprint density at radius 3 is 2.27 bits per heavy atom. The zero-order chi connectivity index (χ0) is 23.0. The molecule has 4 rings (SSSR count). The van der Waals surface area contributed by atoms with Crippen molar-refractivity contribution in [1.82, 2.24) is 5.32 Å². The van der Waals surface area contributed by atoms with Gasteiger partial charge >= 0.3 is 0 Å². The predicted octanol–water partition coefficient (Wildman–Crippen LogP) is 5.51. The van der Waals surface area contributed by atoms with Crippen LogP contribution in [0.2, 0.25) is 0 Å². The van der Waals surface area contributed by atoms with Crippen LogP contribution in [-0.4, -0.2) is 24.7 Å². The molecule has 0 aliphatic rings. The summed E-state index contributed by atoms with van der Waals surface area (Å²) in [6.07, 6.45) is 1.96. The van der Waals surface area contributed by atoms with Gasteiger partial charge in [-0.2, -0.15) is 0 Å². The van der Waals surface area contributed by atoms with E-state index in [2.05, 4.69) is 10.6 Å². The lowest BCUT2D eigenvalue weighted by Crippen LogP contribution is -2.25. The average Bonchev–Trinajstić information content (AvgIpc) is 2.86. The Kier molecular flexibility index (Phi) is 7.27. The van der Waals surface area contributed by atoms with Gasteiger partial charge in [-0.15, -0.1) is 11.8 Å². The molecule has 0 aliphatic heterocycles. The Labute approximate surface area is 197 Å². The van der Waals surface area contributed by atoms with Crippen LogP contribution in [0.1, 0.15) is 15.9 Å². The second-order valence-electron chi connectivity index (χ2n) is 7.40. The third-order valence-electron chi connectivity index (χ3n) is 5.13. The van der Waals surface area contributed by atoms with E-state index >= 15 is 0 Å². The first kappa shape index (κ1) is 22.4. The zero-order valence-corrected chi connectivity index (χ0v) is 19.0. The van der Waals surface area contributed by atoms with Crippen LogP contribution < -0.4 is 15.4 Å². The van der Waals surface area contributed by atoms with Gasteiger partial charge in [0, 0.05) is 11.4 Å². The molecule has 0 bridgehead atoms. The smallest absolute Gasteiger partial charge is 0.262 e. The molecule has 0 saturated carbocycles. The van der Waals surface area contributed by atoms with E-state index < -0.39 is 0 Å². The van der Waals surface area contributed by atoms with Crippen molar-refractivity contribution in [1.29, 1.82) is 0 Å². The topological polar surface area (TPSA) is 67.4 Å². The van der Waals surface area contributed by atoms with Gasteiger partial charge in [0.2, 0.25) is 0 Å². The number of ether oxygens (including phenoxy) is 1. The first-order chi connectivity index (χ1) is 16.1. The fourth-order valence-corrected chi connectivity index (χ4v) is 4.02. The first-order valence-corrected chi connectivity index (χ1v) is 11.8. The molecule has 4 aromatic rings. The molecule has 0 saturated heterocycles. The lowest BCUT2D eigenvalue weighted by Gasteiger charge is -2.14. The molecular weight excluding hydrogens is 432 g/mol. The lowest BCUT2D eigenvalue weighted by molar-refractivity contribution is -0.118. The van der Waals surface area contributed by atoms with Gasteiger partial charge in [0.25, 0.3) is 11.8 Å². The predicted molar refractivity (Wildman–Crippen MR) is 134 cm³/mol. The molecule has 4 aromatic carbocycles. The summed E-state index contributed by atoms with van der Waals surface area (Å²) in [7, 11) is 0. The summed E-state index contributed by atoms with van der Waals surface area (Å²) in [6.45, 7) is 0.192. The molecule has 33 heavy (non-hydrogen) atoms. The summed E-state index contributed by atoms with van der Waals surface area (Å²) in [5, 5.41) is 7.67. The zero-order valence-electron chi connectivity index (χ0n) is 18.2. The Hall–Kier alpha value is -3.77. The number of carbonyl (C=O) groups is 2. The van der Waals surface area contributed by atoms with Crippen LogP contribution in [0.25, 0.3) is 10.8 Å². The molecule has 0 unspecified atom stereocenters. The van der Waals surface area contributed by atoms with Crippen molar-refractivity contribution in [3.63, 3.8) is 0 Å². The standard InChI is InChI=1S/C27H24N2O3S/c1-33-25-14-8-7-13-23(25)29-26(30)18-32-24-16-21-12-6-5-11-20(21)15-22(24)27(31)28-17-19-9-3-2-4-10-19/h2-16H,17-18H2,1H3,(H,28,31)(H,29,30). The van der Waals surface area contributed by atoms with Crippen molar-refractivity contribution >= 4 is 40.0 Å². The number of thioether (sulfide) groups is 1. The van der Waals surface area contributed by atoms with Gasteiger partial charge in [-0.1, -0.05) is 66.7 Å². The van der Waals surface area contributed by atoms with Crippen molar-refractivity contribution in [2.45, 2.75) is 11.4 Å². The van der Waals surface area contributed by atoms with Crippen molar-refractivity contribution in [2.24, 2.45) is 0 Å². The Morgan fingerprint density at radius 1 is 0.848 bits per heavy atom. The van der Waals surface area contributed by atoms with Crippen molar-refractivity contribution < 1.29 is 14.3 Å². The van der Waals surface area contributed by atoms with Crippen molar-refractivity contribution in [2.75, 3.05) is 18.2 Å². The van der Waals surface area contributed by atoms with Gasteiger partial charge < -0.3 is 15.4 Å². The maximum absolute atomic E-state index is 13.0. The number of fused-ring (bicyclic) bond motifs is 1. The number of hydrogen-bond donors (Lipinski definition) is 2. The highest BCUT2D eigenvalue weighted by molar-refractivity contribution is 7.98. The van der Waals surface area contributed by atoms with Crippen LogP contribution in [0.5, 0.6) is 5.75 Å². The molecule has 0 fully saturated rings. The molecular formula is C27H24N2O3S. The van der Waals surface area contributed by atoms with Crippen molar-refractivity contribution in [3.05, 3.63) is 102 Å². The van der Waals surface area contributed by atoms with E-state index in [1.54, 1.807) is 23.9 Å². The van der Waals surface area contributed by atoms with Gasteiger partial charge in [0.15, 0.2) is 6.61 Å². The molecule has 6 heteroatoms. The maximum Gasteiger partial charge on any atom is 0.262 e. The molecule has 0 heterocycles. The minimum Gasteiger partial charge on any atom is -0.483 e. The monoisotopic (exact) mass is 456 g/mol. The van der Waals surface area contributed by atoms with E-state index in [-0.39, 0.29) is 18.4 Å². The van der Waals surface area contributed by atoms with Crippen LogP contribution in [0.4, 0.5) is 5.69 Å². The quantitative estimate of drug-likeness (QED) is 0.343. The lowest BCUT2D eigenvalue weighted by atomic mass is 10.1. The fourth-order valence-electron chi connectivity index (χ4n) is 3.47. The number of para-hydroxylation sites is 1. The molecule has 2 amide bonds. The molecule has 2 N–H and O–H groups in total. The molecule has 0 atom stereocenters. The Balaban J connectivity index is 1.51. The minimum atomic E-state index is -0.291. The second-order valence-corrected chi connectivity index (χ2v) is 8.25. The molecule has 0 aliphatic carbocycles. The summed E-state index contributed by atoms with van der Waals surface area (Å²) in [5.74, 6) is -0.180. The third kappa shape index (κ3) is 5.73. The Morgan fingerprint density at radius 2 is 1.52 bits per heavy atom. The summed E-state index contributed by atoms with van der Waals surface area (Å²) in [5.41, 5.74) is 2.13. The highest BCUT2D eigenvalue weighted by Crippen LogP contribution is 2.27. The summed E-state index contributed by atoms with van der Waals surface area (Å²) < 4.78 is 5.85. The number of amides is 2. The van der Waals surface area contributed by atoms with E-state index in [0.717, 1.165) is 26.9 Å². The number of nitrogens with one attached hydrogen (secondary N) is 2. The van der Waals surface area contributed by atoms with E-state index in [4.69, 9.17) is 4.74 Å². The van der Waals surface area contributed by atoms with Crippen LogP contribution in [0.3, 0.4) is 0 Å². The number of benzene rings is 4. The highest BCUT2D eigenvalue weighted by atomic mass is 32.2. The maximum atomic E-state index is 13.0. The van der Waals surface area contributed by atoms with Gasteiger partial charge in [0.05, 0.1) is 11.3 Å². The molecule has 0 spiro atoms. The van der Waals surface area contributed by atoms with E-state index in [9.17, 15) is 9.59 Å². The SMILES string of the molecule is CSc1ccccc1NC(=O)COc1cc2ccccc2cc1C(=O)NCc1ccccc1. The largest absolute Gasteiger partial charge is 0.483 e. The van der Waals surface area contributed by atoms with E-state index in [0.29, 0.717) is 17.9 Å². The number of anilines is 1. The van der Waals surface area contributed by atoms with Crippen LogP contribution in [0.15, 0.2) is 95.9 Å². The van der Waals surface area contributed by atoms with Gasteiger partial charge in [-0.3, -0.25) is 9.59 Å². The van der Waals surface area contributed by atoms with Gasteiger partial charge in [-0.25, -0.2) is 0 Å². The summed E-state index contributed by atoms with van der Waals surface area (Å²) >= 11 is 1.55. The van der Waals surface area contributed by atoms with E-state index in [1.165, 1.54) is 0 Å². The van der Waals surface area contributed by atoms with Gasteiger partial charge in [0.1, 0.15) is 5.75 Å². The highest BCUT2D eigenvalue weighted by Gasteiger charge is 2.16. The summed E-state index contributed by atoms with van der Waals surface area (Å²) in [4.78, 5) is 26.5. The first-order valence-electron chi connectivity index (χ1n) is 10.5. The van der Waals surface area contributed by atoms with Crippen LogP contribution in [-0.2, 0) is 11.3 Å². The number of hydrogen-bond acceptors (Lipinski definition) is 4. The fraction of sp³-hybridized carbons (Fsp3) is 0.111. The van der Waals surface area contributed by atoms with Gasteiger partial charge in [-0.05, 0) is 46.9 Å². The summed E-state index contributed by atoms with van der Waals surface area (Å²) in [6, 6.07) is 28.6. The van der Waals surface area contributed by atoms with Crippen molar-refractivity contribution in [3.8, 4) is 5.75 Å². The van der Waals surface area contributed by atoms with Crippen LogP contribution >= 0.6 is 11.8 Å². The normalized spacial score (nSPS) is 10.6. The number of rotatable bonds is 8. The molecule has 0 aromatic heterocycles. The molecule has 166 valence electrons. The molecule has 0 radical (unpaired) electrons. The molecule has 5 nitrogen and oxygen atoms in total. The third-order valence-corrected chi connectivity index (χ3v) is 5.92. The Bertz CT molecular complexity index is 1270. The second kappa shape index (κ2) is 10.7. The van der Waals surface area contributed by atoms with Crippen LogP contribution in [0, 0.1) is 0 Å². The number of carbonyl (C=O) groups excluding carboxylic acids is 2. The average molecular weight is 457 g/mol. The van der Waals surface area contributed by atoms with E-state index in [1.807, 2.05) is 85.1 Å².